The first-order chi connectivity index (χ1) is 14.2. The fraction of sp³-hybridized carbons (Fsp3) is 0.333. The molecule has 1 aliphatic heterocycles. The summed E-state index contributed by atoms with van der Waals surface area (Å²) >= 11 is 1.52. The van der Waals surface area contributed by atoms with Crippen LogP contribution in [0.5, 0.6) is 0 Å². The predicted molar refractivity (Wildman–Crippen MR) is 109 cm³/mol. The van der Waals surface area contributed by atoms with E-state index in [9.17, 15) is 8.78 Å². The highest BCUT2D eigenvalue weighted by Gasteiger charge is 2.17. The molecule has 29 heavy (non-hydrogen) atoms. The number of hydrogen-bond acceptors (Lipinski definition) is 5. The molecule has 5 nitrogen and oxygen atoms in total. The van der Waals surface area contributed by atoms with E-state index in [1.165, 1.54) is 36.0 Å². The maximum atomic E-state index is 13.5. The monoisotopic (exact) mass is 416 g/mol. The molecule has 1 aromatic heterocycles. The van der Waals surface area contributed by atoms with E-state index in [-0.39, 0.29) is 11.6 Å². The molecule has 0 spiro atoms. The molecule has 0 amide bonds. The Bertz CT molecular complexity index is 942. The van der Waals surface area contributed by atoms with Crippen LogP contribution in [0, 0.1) is 11.6 Å². The van der Waals surface area contributed by atoms with Crippen LogP contribution in [0.1, 0.15) is 5.56 Å². The summed E-state index contributed by atoms with van der Waals surface area (Å²) in [5, 5.41) is 9.49. The lowest BCUT2D eigenvalue weighted by Gasteiger charge is -2.27. The summed E-state index contributed by atoms with van der Waals surface area (Å²) in [5.41, 5.74) is 1.71. The normalized spacial score (nSPS) is 15.0. The van der Waals surface area contributed by atoms with Crippen LogP contribution in [-0.2, 0) is 17.0 Å². The summed E-state index contributed by atoms with van der Waals surface area (Å²) < 4.78 is 34.3. The van der Waals surface area contributed by atoms with Crippen molar-refractivity contribution in [2.24, 2.45) is 0 Å². The van der Waals surface area contributed by atoms with Crippen molar-refractivity contribution < 1.29 is 13.5 Å². The van der Waals surface area contributed by atoms with Crippen LogP contribution in [0.25, 0.3) is 11.4 Å². The molecule has 1 aliphatic rings. The average molecular weight is 416 g/mol. The van der Waals surface area contributed by atoms with E-state index in [1.54, 1.807) is 18.2 Å². The Morgan fingerprint density at radius 3 is 2.48 bits per heavy atom. The van der Waals surface area contributed by atoms with Gasteiger partial charge >= 0.3 is 0 Å². The highest BCUT2D eigenvalue weighted by molar-refractivity contribution is 7.98. The van der Waals surface area contributed by atoms with Crippen molar-refractivity contribution >= 4 is 11.8 Å². The minimum atomic E-state index is -0.283. The van der Waals surface area contributed by atoms with Gasteiger partial charge in [-0.1, -0.05) is 23.9 Å². The molecular weight excluding hydrogens is 394 g/mol. The number of halogens is 2. The number of nitrogens with zero attached hydrogens (tertiary/aromatic N) is 4. The van der Waals surface area contributed by atoms with Crippen LogP contribution in [-0.4, -0.2) is 52.5 Å². The fourth-order valence-corrected chi connectivity index (χ4v) is 4.16. The largest absolute Gasteiger partial charge is 0.379 e. The zero-order chi connectivity index (χ0) is 20.1. The van der Waals surface area contributed by atoms with Crippen molar-refractivity contribution in [3.8, 4) is 11.4 Å². The van der Waals surface area contributed by atoms with Gasteiger partial charge in [0.1, 0.15) is 11.6 Å². The van der Waals surface area contributed by atoms with Crippen LogP contribution < -0.4 is 0 Å². The van der Waals surface area contributed by atoms with Crippen LogP contribution in [0.2, 0.25) is 0 Å². The topological polar surface area (TPSA) is 43.2 Å². The molecule has 152 valence electrons. The number of thioether (sulfide) groups is 1. The van der Waals surface area contributed by atoms with Crippen molar-refractivity contribution in [3.05, 3.63) is 65.7 Å². The van der Waals surface area contributed by atoms with Gasteiger partial charge in [-0.15, -0.1) is 10.2 Å². The summed E-state index contributed by atoms with van der Waals surface area (Å²) in [6.07, 6.45) is 0. The lowest BCUT2D eigenvalue weighted by atomic mass is 10.2. The molecule has 1 fully saturated rings. The Morgan fingerprint density at radius 2 is 1.72 bits per heavy atom. The molecule has 8 heteroatoms. The van der Waals surface area contributed by atoms with E-state index in [0.29, 0.717) is 18.1 Å². The highest BCUT2D eigenvalue weighted by atomic mass is 32.2. The Kier molecular flexibility index (Phi) is 6.53. The van der Waals surface area contributed by atoms with Gasteiger partial charge in [0.25, 0.3) is 0 Å². The van der Waals surface area contributed by atoms with E-state index in [1.807, 2.05) is 6.07 Å². The summed E-state index contributed by atoms with van der Waals surface area (Å²) in [4.78, 5) is 2.35. The number of benzene rings is 2. The first kappa shape index (κ1) is 20.0. The molecule has 2 aromatic carbocycles. The van der Waals surface area contributed by atoms with E-state index >= 15 is 0 Å². The summed E-state index contributed by atoms with van der Waals surface area (Å²) in [7, 11) is 0. The van der Waals surface area contributed by atoms with Crippen molar-refractivity contribution in [2.75, 3.05) is 32.8 Å². The zero-order valence-electron chi connectivity index (χ0n) is 15.9. The molecule has 0 N–H and O–H groups in total. The molecule has 0 bridgehead atoms. The van der Waals surface area contributed by atoms with Gasteiger partial charge in [-0.05, 0) is 42.0 Å². The molecule has 0 aliphatic carbocycles. The molecule has 0 atom stereocenters. The molecule has 0 unspecified atom stereocenters. The summed E-state index contributed by atoms with van der Waals surface area (Å²) in [6.45, 7) is 4.86. The van der Waals surface area contributed by atoms with Gasteiger partial charge in [-0.25, -0.2) is 8.78 Å². The molecule has 1 saturated heterocycles. The Morgan fingerprint density at radius 1 is 0.931 bits per heavy atom. The Labute approximate surface area is 172 Å². The molecule has 2 heterocycles. The minimum absolute atomic E-state index is 0.246. The van der Waals surface area contributed by atoms with Gasteiger partial charge in [0.15, 0.2) is 11.0 Å². The standard InChI is InChI=1S/C21H22F2N4OS/c22-18-6-4-17(5-7-18)20-24-25-21(29-15-16-2-1-3-19(23)14-16)27(20)9-8-26-10-12-28-13-11-26/h1-7,14H,8-13,15H2. The molecule has 0 saturated carbocycles. The third-order valence-corrected chi connectivity index (χ3v) is 5.86. The predicted octanol–water partition coefficient (Wildman–Crippen LogP) is 3.85. The van der Waals surface area contributed by atoms with Crippen molar-refractivity contribution in [3.63, 3.8) is 0 Å². The third-order valence-electron chi connectivity index (χ3n) is 4.82. The lowest BCUT2D eigenvalue weighted by Crippen LogP contribution is -2.38. The van der Waals surface area contributed by atoms with Gasteiger partial charge in [-0.3, -0.25) is 4.90 Å². The van der Waals surface area contributed by atoms with E-state index in [4.69, 9.17) is 4.74 Å². The van der Waals surface area contributed by atoms with Crippen molar-refractivity contribution in [1.82, 2.24) is 19.7 Å². The first-order valence-corrected chi connectivity index (χ1v) is 10.5. The Balaban J connectivity index is 1.55. The van der Waals surface area contributed by atoms with Crippen molar-refractivity contribution in [1.29, 1.82) is 0 Å². The molecule has 3 aromatic rings. The SMILES string of the molecule is Fc1ccc(-c2nnc(SCc3cccc(F)c3)n2CCN2CCOCC2)cc1. The van der Waals surface area contributed by atoms with Gasteiger partial charge in [0, 0.05) is 37.5 Å². The first-order valence-electron chi connectivity index (χ1n) is 9.55. The van der Waals surface area contributed by atoms with Crippen LogP contribution in [0.15, 0.2) is 53.7 Å². The summed E-state index contributed by atoms with van der Waals surface area (Å²) in [5.74, 6) is 0.773. The van der Waals surface area contributed by atoms with Crippen molar-refractivity contribution in [2.45, 2.75) is 17.5 Å². The van der Waals surface area contributed by atoms with Crippen LogP contribution >= 0.6 is 11.8 Å². The highest BCUT2D eigenvalue weighted by Crippen LogP contribution is 2.27. The maximum Gasteiger partial charge on any atom is 0.191 e. The smallest absolute Gasteiger partial charge is 0.191 e. The van der Waals surface area contributed by atoms with Crippen LogP contribution in [0.3, 0.4) is 0 Å². The lowest BCUT2D eigenvalue weighted by molar-refractivity contribution is 0.0361. The molecular formula is C21H22F2N4OS. The quantitative estimate of drug-likeness (QED) is 0.548. The minimum Gasteiger partial charge on any atom is -0.379 e. The molecule has 4 rings (SSSR count). The Hall–Kier alpha value is -2.29. The third kappa shape index (κ3) is 5.20. The summed E-state index contributed by atoms with van der Waals surface area (Å²) in [6, 6.07) is 12.8. The number of hydrogen-bond donors (Lipinski definition) is 0. The van der Waals surface area contributed by atoms with Gasteiger partial charge in [0.2, 0.25) is 0 Å². The molecule has 0 radical (unpaired) electrons. The number of ether oxygens (including phenoxy) is 1. The van der Waals surface area contributed by atoms with Gasteiger partial charge in [-0.2, -0.15) is 0 Å². The average Bonchev–Trinajstić information content (AvgIpc) is 3.15. The second-order valence-electron chi connectivity index (χ2n) is 6.84. The number of morpholine rings is 1. The maximum absolute atomic E-state index is 13.5. The number of rotatable bonds is 7. The van der Waals surface area contributed by atoms with E-state index in [0.717, 1.165) is 49.1 Å². The van der Waals surface area contributed by atoms with Crippen LogP contribution in [0.4, 0.5) is 8.78 Å². The number of aromatic nitrogens is 3. The van der Waals surface area contributed by atoms with E-state index < -0.39 is 0 Å². The van der Waals surface area contributed by atoms with E-state index in [2.05, 4.69) is 19.7 Å². The van der Waals surface area contributed by atoms with Gasteiger partial charge < -0.3 is 9.30 Å². The second kappa shape index (κ2) is 9.47. The van der Waals surface area contributed by atoms with Gasteiger partial charge in [0.05, 0.1) is 13.2 Å². The zero-order valence-corrected chi connectivity index (χ0v) is 16.7. The second-order valence-corrected chi connectivity index (χ2v) is 7.78. The fourth-order valence-electron chi connectivity index (χ4n) is 3.25.